The van der Waals surface area contributed by atoms with Crippen LogP contribution in [0.1, 0.15) is 5.56 Å². The van der Waals surface area contributed by atoms with E-state index in [1.54, 1.807) is 6.08 Å². The van der Waals surface area contributed by atoms with Gasteiger partial charge in [-0.2, -0.15) is 0 Å². The zero-order valence-electron chi connectivity index (χ0n) is 11.3. The van der Waals surface area contributed by atoms with E-state index in [1.807, 2.05) is 47.2 Å². The fourth-order valence-electron chi connectivity index (χ4n) is 1.95. The largest absolute Gasteiger partial charge is 0.269 e. The third-order valence-electron chi connectivity index (χ3n) is 2.83. The summed E-state index contributed by atoms with van der Waals surface area (Å²) >= 11 is 0. The average molecular weight is 301 g/mol. The van der Waals surface area contributed by atoms with Crippen molar-refractivity contribution in [2.24, 2.45) is 0 Å². The van der Waals surface area contributed by atoms with E-state index in [2.05, 4.69) is 6.58 Å². The van der Waals surface area contributed by atoms with Crippen molar-refractivity contribution in [3.8, 4) is 0 Å². The van der Waals surface area contributed by atoms with E-state index in [9.17, 15) is 13.2 Å². The minimum absolute atomic E-state index is 0.291. The first kappa shape index (κ1) is 15.0. The van der Waals surface area contributed by atoms with Gasteiger partial charge in [0.15, 0.2) is 0 Å². The maximum Gasteiger partial charge on any atom is 0.257 e. The highest BCUT2D eigenvalue weighted by Gasteiger charge is 2.09. The molecule has 0 atom stereocenters. The fraction of sp³-hybridized carbons (Fsp3) is 0.0625. The van der Waals surface area contributed by atoms with Crippen LogP contribution in [-0.2, 0) is 14.8 Å². The summed E-state index contributed by atoms with van der Waals surface area (Å²) in [5.41, 5.74) is 0.851. The van der Waals surface area contributed by atoms with Crippen molar-refractivity contribution in [1.29, 1.82) is 0 Å². The molecule has 1 amide bonds. The number of fused-ring (bicyclic) bond motifs is 1. The van der Waals surface area contributed by atoms with Crippen molar-refractivity contribution in [3.05, 3.63) is 66.8 Å². The lowest BCUT2D eigenvalue weighted by Crippen LogP contribution is -2.30. The lowest BCUT2D eigenvalue weighted by atomic mass is 10.0. The predicted octanol–water partition coefficient (Wildman–Crippen LogP) is 2.49. The summed E-state index contributed by atoms with van der Waals surface area (Å²) in [4.78, 5) is 11.6. The van der Waals surface area contributed by atoms with Crippen molar-refractivity contribution in [2.45, 2.75) is 0 Å². The Labute approximate surface area is 123 Å². The molecule has 0 saturated carbocycles. The molecule has 108 valence electrons. The topological polar surface area (TPSA) is 63.2 Å². The van der Waals surface area contributed by atoms with Crippen LogP contribution in [0.3, 0.4) is 0 Å². The number of carbonyl (C=O) groups is 1. The number of hydrogen-bond donors (Lipinski definition) is 1. The molecule has 5 heteroatoms. The smallest absolute Gasteiger partial charge is 0.257 e. The molecular weight excluding hydrogens is 286 g/mol. The normalized spacial score (nSPS) is 11.6. The van der Waals surface area contributed by atoms with Crippen LogP contribution in [0.25, 0.3) is 16.8 Å². The molecule has 0 aliphatic heterocycles. The monoisotopic (exact) mass is 301 g/mol. The third-order valence-corrected chi connectivity index (χ3v) is 4.02. The first-order valence-electron chi connectivity index (χ1n) is 6.33. The van der Waals surface area contributed by atoms with Crippen molar-refractivity contribution in [2.75, 3.05) is 5.75 Å². The first-order valence-corrected chi connectivity index (χ1v) is 7.98. The Morgan fingerprint density at radius 2 is 1.86 bits per heavy atom. The van der Waals surface area contributed by atoms with Gasteiger partial charge in [-0.25, -0.2) is 13.1 Å². The highest BCUT2D eigenvalue weighted by molar-refractivity contribution is 7.90. The lowest BCUT2D eigenvalue weighted by Gasteiger charge is -2.03. The minimum atomic E-state index is -3.65. The first-order chi connectivity index (χ1) is 10.0. The Balaban J connectivity index is 2.20. The Hall–Kier alpha value is -2.40. The maximum absolute atomic E-state index is 11.6. The Bertz CT molecular complexity index is 802. The van der Waals surface area contributed by atoms with Gasteiger partial charge in [0.25, 0.3) is 5.91 Å². The van der Waals surface area contributed by atoms with Crippen LogP contribution in [0, 0.1) is 0 Å². The molecule has 2 rings (SSSR count). The maximum atomic E-state index is 11.6. The summed E-state index contributed by atoms with van der Waals surface area (Å²) in [5, 5.41) is 2.05. The standard InChI is InChI=1S/C16H15NO3S/c1-2-12-21(19,20)17-16(18)11-10-14-8-5-7-13-6-3-4-9-15(13)14/h2-11H,1,12H2,(H,17,18). The second-order valence-corrected chi connectivity index (χ2v) is 6.21. The van der Waals surface area contributed by atoms with E-state index in [0.717, 1.165) is 16.3 Å². The lowest BCUT2D eigenvalue weighted by molar-refractivity contribution is -0.114. The molecule has 1 N–H and O–H groups in total. The number of nitrogens with one attached hydrogen (secondary N) is 1. The van der Waals surface area contributed by atoms with E-state index in [0.29, 0.717) is 0 Å². The predicted molar refractivity (Wildman–Crippen MR) is 85.1 cm³/mol. The van der Waals surface area contributed by atoms with Gasteiger partial charge in [0.05, 0.1) is 5.75 Å². The molecule has 2 aromatic carbocycles. The molecule has 0 aliphatic carbocycles. The van der Waals surface area contributed by atoms with Crippen LogP contribution in [0.2, 0.25) is 0 Å². The van der Waals surface area contributed by atoms with Crippen LogP contribution < -0.4 is 4.72 Å². The van der Waals surface area contributed by atoms with E-state index >= 15 is 0 Å². The van der Waals surface area contributed by atoms with Crippen molar-refractivity contribution < 1.29 is 13.2 Å². The Morgan fingerprint density at radius 3 is 2.62 bits per heavy atom. The van der Waals surface area contributed by atoms with Crippen molar-refractivity contribution in [1.82, 2.24) is 4.72 Å². The quantitative estimate of drug-likeness (QED) is 0.681. The zero-order chi connectivity index (χ0) is 15.3. The van der Waals surface area contributed by atoms with Gasteiger partial charge in [-0.05, 0) is 22.4 Å². The molecule has 0 heterocycles. The second kappa shape index (κ2) is 6.37. The summed E-state index contributed by atoms with van der Waals surface area (Å²) in [6.07, 6.45) is 4.04. The Kier molecular flexibility index (Phi) is 4.55. The fourth-order valence-corrected chi connectivity index (χ4v) is 2.71. The van der Waals surface area contributed by atoms with Crippen LogP contribution in [0.4, 0.5) is 0 Å². The molecule has 4 nitrogen and oxygen atoms in total. The summed E-state index contributed by atoms with van der Waals surface area (Å²) in [5.74, 6) is -0.967. The number of benzene rings is 2. The van der Waals surface area contributed by atoms with Gasteiger partial charge in [0, 0.05) is 6.08 Å². The number of rotatable bonds is 5. The van der Waals surface area contributed by atoms with Gasteiger partial charge in [-0.15, -0.1) is 6.58 Å². The molecule has 0 aromatic heterocycles. The second-order valence-electron chi connectivity index (χ2n) is 4.44. The summed E-state index contributed by atoms with van der Waals surface area (Å²) in [7, 11) is -3.65. The summed E-state index contributed by atoms with van der Waals surface area (Å²) in [6.45, 7) is 3.33. The number of carbonyl (C=O) groups excluding carboxylic acids is 1. The average Bonchev–Trinajstić information content (AvgIpc) is 2.44. The van der Waals surface area contributed by atoms with Gasteiger partial charge in [-0.1, -0.05) is 48.5 Å². The number of amides is 1. The van der Waals surface area contributed by atoms with E-state index in [-0.39, 0.29) is 5.75 Å². The molecule has 0 spiro atoms. The van der Waals surface area contributed by atoms with Crippen LogP contribution in [0.5, 0.6) is 0 Å². The molecular formula is C16H15NO3S. The van der Waals surface area contributed by atoms with Crippen molar-refractivity contribution in [3.63, 3.8) is 0 Å². The van der Waals surface area contributed by atoms with Gasteiger partial charge in [0.2, 0.25) is 10.0 Å². The molecule has 0 fully saturated rings. The van der Waals surface area contributed by atoms with Gasteiger partial charge < -0.3 is 0 Å². The van der Waals surface area contributed by atoms with E-state index < -0.39 is 15.9 Å². The Morgan fingerprint density at radius 1 is 1.14 bits per heavy atom. The van der Waals surface area contributed by atoms with Gasteiger partial charge in [0.1, 0.15) is 0 Å². The minimum Gasteiger partial charge on any atom is -0.269 e. The molecule has 0 aliphatic rings. The van der Waals surface area contributed by atoms with Crippen molar-refractivity contribution >= 4 is 32.8 Å². The SMILES string of the molecule is C=CCS(=O)(=O)NC(=O)C=Cc1cccc2ccccc12. The molecule has 21 heavy (non-hydrogen) atoms. The number of hydrogen-bond acceptors (Lipinski definition) is 3. The zero-order valence-corrected chi connectivity index (χ0v) is 12.1. The molecule has 2 aromatic rings. The highest BCUT2D eigenvalue weighted by atomic mass is 32.2. The van der Waals surface area contributed by atoms with E-state index in [1.165, 1.54) is 12.2 Å². The summed E-state index contributed by atoms with van der Waals surface area (Å²) in [6, 6.07) is 13.5. The number of sulfonamides is 1. The highest BCUT2D eigenvalue weighted by Crippen LogP contribution is 2.19. The third kappa shape index (κ3) is 4.03. The van der Waals surface area contributed by atoms with Gasteiger partial charge >= 0.3 is 0 Å². The molecule has 0 saturated heterocycles. The van der Waals surface area contributed by atoms with Crippen LogP contribution >= 0.6 is 0 Å². The van der Waals surface area contributed by atoms with Gasteiger partial charge in [-0.3, -0.25) is 4.79 Å². The van der Waals surface area contributed by atoms with Crippen LogP contribution in [0.15, 0.2) is 61.2 Å². The van der Waals surface area contributed by atoms with Crippen LogP contribution in [-0.4, -0.2) is 20.1 Å². The van der Waals surface area contributed by atoms with E-state index in [4.69, 9.17) is 0 Å². The molecule has 0 radical (unpaired) electrons. The molecule has 0 unspecified atom stereocenters. The molecule has 0 bridgehead atoms. The summed E-state index contributed by atoms with van der Waals surface area (Å²) < 4.78 is 24.8.